The molecule has 1 aromatic rings. The van der Waals surface area contributed by atoms with Crippen molar-refractivity contribution in [3.63, 3.8) is 0 Å². The fraction of sp³-hybridized carbons (Fsp3) is 0.353. The van der Waals surface area contributed by atoms with Crippen LogP contribution in [0.4, 0.5) is 5.69 Å². The van der Waals surface area contributed by atoms with Crippen LogP contribution in [-0.4, -0.2) is 32.6 Å². The third-order valence-electron chi connectivity index (χ3n) is 3.64. The lowest BCUT2D eigenvalue weighted by Gasteiger charge is -2.25. The number of ether oxygens (including phenoxy) is 1. The molecule has 0 amide bonds. The molecular formula is C17H21N5O2. The van der Waals surface area contributed by atoms with Gasteiger partial charge in [0.05, 0.1) is 12.2 Å². The molecular weight excluding hydrogens is 306 g/mol. The average molecular weight is 327 g/mol. The Balaban J connectivity index is 2.44. The van der Waals surface area contributed by atoms with Crippen molar-refractivity contribution < 1.29 is 9.53 Å². The van der Waals surface area contributed by atoms with E-state index in [0.29, 0.717) is 17.2 Å². The molecule has 0 spiro atoms. The Morgan fingerprint density at radius 2 is 2.08 bits per heavy atom. The molecule has 0 saturated heterocycles. The van der Waals surface area contributed by atoms with Gasteiger partial charge >= 0.3 is 5.97 Å². The van der Waals surface area contributed by atoms with Crippen LogP contribution in [-0.2, 0) is 9.53 Å². The zero-order chi connectivity index (χ0) is 17.7. The summed E-state index contributed by atoms with van der Waals surface area (Å²) in [5.74, 6) is -0.103. The fourth-order valence-electron chi connectivity index (χ4n) is 2.46. The van der Waals surface area contributed by atoms with Crippen LogP contribution in [0.1, 0.15) is 25.5 Å². The first-order chi connectivity index (χ1) is 11.5. The van der Waals surface area contributed by atoms with Crippen LogP contribution in [0.15, 0.2) is 40.5 Å². The van der Waals surface area contributed by atoms with E-state index in [1.807, 2.05) is 49.5 Å². The number of nitrogens with one attached hydrogen (secondary N) is 2. The van der Waals surface area contributed by atoms with Crippen molar-refractivity contribution >= 4 is 17.6 Å². The lowest BCUT2D eigenvalue weighted by molar-refractivity contribution is -0.138. The van der Waals surface area contributed by atoms with E-state index in [9.17, 15) is 4.79 Å². The fourth-order valence-corrected chi connectivity index (χ4v) is 2.46. The van der Waals surface area contributed by atoms with E-state index < -0.39 is 12.0 Å². The molecule has 126 valence electrons. The molecule has 0 aromatic heterocycles. The molecule has 7 nitrogen and oxygen atoms in total. The molecule has 0 aliphatic carbocycles. The van der Waals surface area contributed by atoms with Gasteiger partial charge in [0.25, 0.3) is 0 Å². The predicted molar refractivity (Wildman–Crippen MR) is 92.2 cm³/mol. The summed E-state index contributed by atoms with van der Waals surface area (Å²) in [7, 11) is 3.92. The number of anilines is 1. The molecule has 1 heterocycles. The highest BCUT2D eigenvalue weighted by atomic mass is 16.5. The zero-order valence-electron chi connectivity index (χ0n) is 14.3. The van der Waals surface area contributed by atoms with Gasteiger partial charge in [0.2, 0.25) is 5.96 Å². The number of carbonyl (C=O) groups is 1. The highest BCUT2D eigenvalue weighted by molar-refractivity contribution is 5.95. The summed E-state index contributed by atoms with van der Waals surface area (Å²) in [6, 6.07) is 7.24. The van der Waals surface area contributed by atoms with Crippen LogP contribution >= 0.6 is 0 Å². The number of allylic oxidation sites excluding steroid dienone is 1. The molecule has 2 rings (SSSR count). The normalized spacial score (nSPS) is 16.6. The third kappa shape index (κ3) is 3.66. The molecule has 0 bridgehead atoms. The predicted octanol–water partition coefficient (Wildman–Crippen LogP) is 1.66. The number of benzene rings is 1. The van der Waals surface area contributed by atoms with Crippen LogP contribution < -0.4 is 15.5 Å². The lowest BCUT2D eigenvalue weighted by atomic mass is 9.96. The Hall–Kier alpha value is -3.01. The van der Waals surface area contributed by atoms with Crippen LogP contribution in [0, 0.1) is 11.5 Å². The lowest BCUT2D eigenvalue weighted by Crippen LogP contribution is -2.39. The maximum Gasteiger partial charge on any atom is 0.338 e. The maximum atomic E-state index is 12.3. The topological polar surface area (TPSA) is 89.8 Å². The van der Waals surface area contributed by atoms with E-state index in [1.54, 1.807) is 13.8 Å². The first-order valence-electron chi connectivity index (χ1n) is 7.63. The van der Waals surface area contributed by atoms with Crippen molar-refractivity contribution in [1.82, 2.24) is 10.6 Å². The molecule has 2 N–H and O–H groups in total. The molecule has 1 aromatic carbocycles. The van der Waals surface area contributed by atoms with Crippen LogP contribution in [0.3, 0.4) is 0 Å². The Kier molecular flexibility index (Phi) is 5.42. The smallest absolute Gasteiger partial charge is 0.338 e. The highest BCUT2D eigenvalue weighted by Crippen LogP contribution is 2.32. The Morgan fingerprint density at radius 1 is 1.42 bits per heavy atom. The second kappa shape index (κ2) is 7.51. The van der Waals surface area contributed by atoms with Gasteiger partial charge in [-0.1, -0.05) is 12.1 Å². The van der Waals surface area contributed by atoms with E-state index >= 15 is 0 Å². The molecule has 0 unspecified atom stereocenters. The molecule has 0 radical (unpaired) electrons. The quantitative estimate of drug-likeness (QED) is 0.497. The first kappa shape index (κ1) is 17.3. The zero-order valence-corrected chi connectivity index (χ0v) is 14.3. The number of nitriles is 1. The summed E-state index contributed by atoms with van der Waals surface area (Å²) in [4.78, 5) is 18.8. The minimum absolute atomic E-state index is 0.287. The van der Waals surface area contributed by atoms with Crippen LogP contribution in [0.5, 0.6) is 0 Å². The van der Waals surface area contributed by atoms with Gasteiger partial charge < -0.3 is 15.0 Å². The second-order valence-electron chi connectivity index (χ2n) is 5.49. The van der Waals surface area contributed by atoms with Gasteiger partial charge in [-0.25, -0.2) is 9.79 Å². The standard InChI is InChI=1S/C17H21N5O2/c1-5-24-16(23)14-11(2)20-17(19-10-18)21-15(14)12-6-8-13(9-7-12)22(3)4/h6-9,15H,5H2,1-4H3,(H2,19,20,21)/t15-/m1/s1. The van der Waals surface area contributed by atoms with Crippen molar-refractivity contribution in [1.29, 1.82) is 5.26 Å². The number of nitrogens with zero attached hydrogens (tertiary/aromatic N) is 3. The summed E-state index contributed by atoms with van der Waals surface area (Å²) in [5, 5.41) is 14.2. The summed E-state index contributed by atoms with van der Waals surface area (Å²) in [6.45, 7) is 3.81. The molecule has 0 saturated carbocycles. The van der Waals surface area contributed by atoms with Crippen molar-refractivity contribution in [2.75, 3.05) is 25.6 Å². The van der Waals surface area contributed by atoms with Gasteiger partial charge in [-0.2, -0.15) is 5.26 Å². The molecule has 0 fully saturated rings. The number of hydrogen-bond donors (Lipinski definition) is 2. The van der Waals surface area contributed by atoms with E-state index in [-0.39, 0.29) is 6.61 Å². The largest absolute Gasteiger partial charge is 0.463 e. The third-order valence-corrected chi connectivity index (χ3v) is 3.64. The summed E-state index contributed by atoms with van der Waals surface area (Å²) in [5.41, 5.74) is 2.95. The monoisotopic (exact) mass is 327 g/mol. The first-order valence-corrected chi connectivity index (χ1v) is 7.63. The van der Waals surface area contributed by atoms with Gasteiger partial charge in [-0.15, -0.1) is 0 Å². The van der Waals surface area contributed by atoms with Crippen molar-refractivity contribution in [2.45, 2.75) is 19.9 Å². The highest BCUT2D eigenvalue weighted by Gasteiger charge is 2.30. The Morgan fingerprint density at radius 3 is 2.62 bits per heavy atom. The van der Waals surface area contributed by atoms with E-state index in [4.69, 9.17) is 10.00 Å². The number of guanidine groups is 1. The van der Waals surface area contributed by atoms with E-state index in [1.165, 1.54) is 0 Å². The molecule has 24 heavy (non-hydrogen) atoms. The molecule has 7 heteroatoms. The van der Waals surface area contributed by atoms with E-state index in [0.717, 1.165) is 11.3 Å². The van der Waals surface area contributed by atoms with Gasteiger partial charge in [-0.05, 0) is 31.5 Å². The minimum Gasteiger partial charge on any atom is -0.463 e. The SMILES string of the molecule is CCOC(=O)C1=C(C)NC(NC#N)=N[C@@H]1c1ccc(N(C)C)cc1. The molecule has 1 aliphatic rings. The number of rotatable bonds is 4. The number of hydrogen-bond acceptors (Lipinski definition) is 7. The second-order valence-corrected chi connectivity index (χ2v) is 5.49. The molecule has 1 aliphatic heterocycles. The Labute approximate surface area is 141 Å². The van der Waals surface area contributed by atoms with E-state index in [2.05, 4.69) is 15.6 Å². The Bertz CT molecular complexity index is 713. The van der Waals surface area contributed by atoms with Crippen molar-refractivity contribution in [2.24, 2.45) is 4.99 Å². The summed E-state index contributed by atoms with van der Waals surface area (Å²) in [6.07, 6.45) is 1.83. The van der Waals surface area contributed by atoms with Gasteiger partial charge in [0.1, 0.15) is 6.04 Å². The van der Waals surface area contributed by atoms with Crippen molar-refractivity contribution in [3.8, 4) is 6.19 Å². The van der Waals surface area contributed by atoms with Crippen LogP contribution in [0.2, 0.25) is 0 Å². The van der Waals surface area contributed by atoms with Crippen LogP contribution in [0.25, 0.3) is 0 Å². The van der Waals surface area contributed by atoms with Crippen molar-refractivity contribution in [3.05, 3.63) is 41.1 Å². The van der Waals surface area contributed by atoms with Gasteiger partial charge in [0.15, 0.2) is 6.19 Å². The number of carbonyl (C=O) groups excluding carboxylic acids is 1. The van der Waals surface area contributed by atoms with Gasteiger partial charge in [-0.3, -0.25) is 5.32 Å². The minimum atomic E-state index is -0.530. The summed E-state index contributed by atoms with van der Waals surface area (Å²) < 4.78 is 5.16. The molecule has 1 atom stereocenters. The average Bonchev–Trinajstić information content (AvgIpc) is 2.54. The number of aliphatic imine (C=N–C) groups is 1. The van der Waals surface area contributed by atoms with Gasteiger partial charge in [0, 0.05) is 25.5 Å². The summed E-state index contributed by atoms with van der Waals surface area (Å²) >= 11 is 0. The number of esters is 1. The maximum absolute atomic E-state index is 12.3.